The number of aliphatic hydroxyl groups excluding tert-OH is 3. The Morgan fingerprint density at radius 1 is 1.14 bits per heavy atom. The lowest BCUT2D eigenvalue weighted by atomic mass is 10.1. The SMILES string of the molecule is O=C1NC(=O)C2NC(=O)N([C@@H]3O[C@H](CO)[C@@H](O)[C@H]3O)C2N1. The van der Waals surface area contributed by atoms with Crippen molar-refractivity contribution < 1.29 is 34.4 Å². The van der Waals surface area contributed by atoms with E-state index in [1.165, 1.54) is 0 Å². The molecular weight excluding hydrogens is 288 g/mol. The van der Waals surface area contributed by atoms with E-state index in [2.05, 4.69) is 10.6 Å². The summed E-state index contributed by atoms with van der Waals surface area (Å²) in [5.41, 5.74) is 0. The molecule has 0 aromatic carbocycles. The van der Waals surface area contributed by atoms with Gasteiger partial charge in [-0.3, -0.25) is 15.0 Å². The van der Waals surface area contributed by atoms with Gasteiger partial charge in [0.25, 0.3) is 5.91 Å². The minimum atomic E-state index is -1.48. The van der Waals surface area contributed by atoms with Gasteiger partial charge >= 0.3 is 12.1 Å². The second-order valence-electron chi connectivity index (χ2n) is 4.97. The molecule has 3 aliphatic heterocycles. The highest BCUT2D eigenvalue weighted by molar-refractivity contribution is 6.03. The zero-order valence-electron chi connectivity index (χ0n) is 10.6. The lowest BCUT2D eigenvalue weighted by Crippen LogP contribution is -2.66. The molecule has 21 heavy (non-hydrogen) atoms. The van der Waals surface area contributed by atoms with Gasteiger partial charge in [0.15, 0.2) is 6.23 Å². The maximum absolute atomic E-state index is 12.0. The standard InChI is InChI=1S/C10H14N4O7/c15-1-2-4(16)5(17)8(21-2)14-6-3(11-10(14)20)7(18)13-9(19)12-6/h2-6,8,15-17H,1H2,(H,11,20)(H2,12,13,18,19)/t2-,3?,4-,5-,6?,8-/m1/s1. The van der Waals surface area contributed by atoms with E-state index >= 15 is 0 Å². The highest BCUT2D eigenvalue weighted by Crippen LogP contribution is 2.28. The second-order valence-corrected chi connectivity index (χ2v) is 4.97. The maximum atomic E-state index is 12.0. The van der Waals surface area contributed by atoms with E-state index in [-0.39, 0.29) is 0 Å². The van der Waals surface area contributed by atoms with Crippen LogP contribution in [-0.2, 0) is 9.53 Å². The Hall–Kier alpha value is -1.95. The van der Waals surface area contributed by atoms with E-state index in [0.29, 0.717) is 0 Å². The summed E-state index contributed by atoms with van der Waals surface area (Å²) in [6.07, 6.45) is -6.28. The van der Waals surface area contributed by atoms with Crippen molar-refractivity contribution in [3.05, 3.63) is 0 Å². The van der Waals surface area contributed by atoms with Crippen molar-refractivity contribution in [2.24, 2.45) is 0 Å². The van der Waals surface area contributed by atoms with Crippen molar-refractivity contribution in [2.45, 2.75) is 36.7 Å². The van der Waals surface area contributed by atoms with E-state index in [1.54, 1.807) is 0 Å². The smallest absolute Gasteiger partial charge is 0.323 e. The monoisotopic (exact) mass is 302 g/mol. The van der Waals surface area contributed by atoms with E-state index in [4.69, 9.17) is 9.84 Å². The van der Waals surface area contributed by atoms with Crippen LogP contribution in [0.15, 0.2) is 0 Å². The molecule has 0 radical (unpaired) electrons. The number of carbonyl (C=O) groups is 3. The highest BCUT2D eigenvalue weighted by Gasteiger charge is 2.55. The predicted octanol–water partition coefficient (Wildman–Crippen LogP) is -4.02. The Morgan fingerprint density at radius 3 is 2.48 bits per heavy atom. The summed E-state index contributed by atoms with van der Waals surface area (Å²) >= 11 is 0. The first-order valence-electron chi connectivity index (χ1n) is 6.26. The molecule has 0 aliphatic carbocycles. The molecule has 0 bridgehead atoms. The van der Waals surface area contributed by atoms with Crippen molar-refractivity contribution in [1.29, 1.82) is 0 Å². The zero-order chi connectivity index (χ0) is 15.3. The van der Waals surface area contributed by atoms with Gasteiger partial charge < -0.3 is 30.7 Å². The van der Waals surface area contributed by atoms with Crippen LogP contribution in [0.25, 0.3) is 0 Å². The molecule has 6 N–H and O–H groups in total. The maximum Gasteiger partial charge on any atom is 0.323 e. The van der Waals surface area contributed by atoms with Crippen LogP contribution in [0.4, 0.5) is 9.59 Å². The summed E-state index contributed by atoms with van der Waals surface area (Å²) < 4.78 is 5.24. The minimum Gasteiger partial charge on any atom is -0.394 e. The Morgan fingerprint density at radius 2 is 1.86 bits per heavy atom. The third-order valence-electron chi connectivity index (χ3n) is 3.72. The highest BCUT2D eigenvalue weighted by atomic mass is 16.6. The van der Waals surface area contributed by atoms with Gasteiger partial charge in [-0.1, -0.05) is 0 Å². The van der Waals surface area contributed by atoms with Gasteiger partial charge in [-0.15, -0.1) is 0 Å². The van der Waals surface area contributed by atoms with E-state index < -0.39 is 61.3 Å². The third kappa shape index (κ3) is 2.01. The molecule has 3 saturated heterocycles. The first-order valence-corrected chi connectivity index (χ1v) is 6.26. The summed E-state index contributed by atoms with van der Waals surface area (Å²) in [6.45, 7) is -0.550. The van der Waals surface area contributed by atoms with Crippen LogP contribution in [0.3, 0.4) is 0 Å². The average Bonchev–Trinajstić information content (AvgIpc) is 2.89. The number of urea groups is 2. The van der Waals surface area contributed by atoms with Crippen LogP contribution in [0.1, 0.15) is 0 Å². The molecule has 3 rings (SSSR count). The summed E-state index contributed by atoms with van der Waals surface area (Å²) in [5.74, 6) is -0.689. The number of ether oxygens (including phenoxy) is 1. The third-order valence-corrected chi connectivity index (χ3v) is 3.72. The molecule has 3 aliphatic rings. The van der Waals surface area contributed by atoms with Crippen molar-refractivity contribution in [3.8, 4) is 0 Å². The summed E-state index contributed by atoms with van der Waals surface area (Å²) in [4.78, 5) is 35.9. The fourth-order valence-electron chi connectivity index (χ4n) is 2.68. The first-order chi connectivity index (χ1) is 9.93. The van der Waals surface area contributed by atoms with Crippen molar-refractivity contribution in [2.75, 3.05) is 6.61 Å². The van der Waals surface area contributed by atoms with Crippen LogP contribution < -0.4 is 16.0 Å². The molecule has 3 fully saturated rings. The molecule has 0 aromatic rings. The number of imide groups is 1. The van der Waals surface area contributed by atoms with E-state index in [9.17, 15) is 24.6 Å². The summed E-state index contributed by atoms with van der Waals surface area (Å²) in [5, 5.41) is 35.4. The number of nitrogens with zero attached hydrogens (tertiary/aromatic N) is 1. The van der Waals surface area contributed by atoms with E-state index in [0.717, 1.165) is 4.90 Å². The molecule has 116 valence electrons. The molecule has 0 aromatic heterocycles. The van der Waals surface area contributed by atoms with Crippen LogP contribution in [0.2, 0.25) is 0 Å². The fraction of sp³-hybridized carbons (Fsp3) is 0.700. The number of amides is 5. The fourth-order valence-corrected chi connectivity index (χ4v) is 2.68. The topological polar surface area (TPSA) is 160 Å². The Kier molecular flexibility index (Phi) is 3.20. The molecule has 11 nitrogen and oxygen atoms in total. The van der Waals surface area contributed by atoms with Crippen molar-refractivity contribution in [1.82, 2.24) is 20.9 Å². The largest absolute Gasteiger partial charge is 0.394 e. The van der Waals surface area contributed by atoms with Crippen LogP contribution >= 0.6 is 0 Å². The average molecular weight is 302 g/mol. The zero-order valence-corrected chi connectivity index (χ0v) is 10.6. The number of rotatable bonds is 2. The van der Waals surface area contributed by atoms with Gasteiger partial charge in [-0.2, -0.15) is 0 Å². The van der Waals surface area contributed by atoms with E-state index in [1.807, 2.05) is 5.32 Å². The van der Waals surface area contributed by atoms with Crippen LogP contribution in [0.5, 0.6) is 0 Å². The van der Waals surface area contributed by atoms with Gasteiger partial charge in [-0.05, 0) is 0 Å². The molecule has 0 spiro atoms. The van der Waals surface area contributed by atoms with Crippen molar-refractivity contribution >= 4 is 18.0 Å². The lowest BCUT2D eigenvalue weighted by molar-refractivity contribution is -0.126. The number of carbonyl (C=O) groups excluding carboxylic acids is 3. The van der Waals surface area contributed by atoms with Crippen LogP contribution in [-0.4, -0.2) is 81.5 Å². The Labute approximate surface area is 117 Å². The number of aliphatic hydroxyl groups is 3. The number of fused-ring (bicyclic) bond motifs is 1. The Bertz CT molecular complexity index is 500. The first kappa shape index (κ1) is 14.0. The quantitative estimate of drug-likeness (QED) is 0.303. The number of nitrogens with one attached hydrogen (secondary N) is 3. The Balaban J connectivity index is 1.86. The van der Waals surface area contributed by atoms with Crippen LogP contribution in [0, 0.1) is 0 Å². The summed E-state index contributed by atoms with van der Waals surface area (Å²) in [7, 11) is 0. The second kappa shape index (κ2) is 4.80. The van der Waals surface area contributed by atoms with Gasteiger partial charge in [0, 0.05) is 0 Å². The molecule has 5 amide bonds. The number of hydrogen-bond acceptors (Lipinski definition) is 7. The molecule has 3 heterocycles. The van der Waals surface area contributed by atoms with Gasteiger partial charge in [0.05, 0.1) is 6.61 Å². The minimum absolute atomic E-state index is 0.550. The van der Waals surface area contributed by atoms with Gasteiger partial charge in [0.2, 0.25) is 0 Å². The van der Waals surface area contributed by atoms with Gasteiger partial charge in [0.1, 0.15) is 30.5 Å². The summed E-state index contributed by atoms with van der Waals surface area (Å²) in [6, 6.07) is -2.55. The lowest BCUT2D eigenvalue weighted by Gasteiger charge is -2.34. The molecule has 0 saturated carbocycles. The predicted molar refractivity (Wildman–Crippen MR) is 62.4 cm³/mol. The molecule has 11 heteroatoms. The number of hydrogen-bond donors (Lipinski definition) is 6. The van der Waals surface area contributed by atoms with Gasteiger partial charge in [-0.25, -0.2) is 9.59 Å². The molecule has 2 unspecified atom stereocenters. The normalized spacial score (nSPS) is 42.4. The van der Waals surface area contributed by atoms with Crippen molar-refractivity contribution in [3.63, 3.8) is 0 Å². The molecule has 6 atom stereocenters. The molecular formula is C10H14N4O7.